The first-order valence-corrected chi connectivity index (χ1v) is 9.09. The molecule has 6 rings (SSSR count). The summed E-state index contributed by atoms with van der Waals surface area (Å²) in [6, 6.07) is 30.6. The molecule has 1 aliphatic rings. The molecule has 5 aromatic carbocycles. The quantitative estimate of drug-likeness (QED) is 0.191. The summed E-state index contributed by atoms with van der Waals surface area (Å²) < 4.78 is 0. The molecule has 0 saturated heterocycles. The van der Waals surface area contributed by atoms with Gasteiger partial charge in [0, 0.05) is 0 Å². The van der Waals surface area contributed by atoms with E-state index >= 15 is 0 Å². The standard InChI is InChI=1S/C13H9.C12H11.2ClH.Hf/c1-2-6-12-10(4-1)8-9-11-5-3-7-13(11)12;1-3-9-7-11-5-2-6-12(11)8-10(9)4-1;;;/h1-9H;1,3-4,7-8H,2,5-6H2;2*1H;/q2*-1;;;+4/p-2. The van der Waals surface area contributed by atoms with E-state index in [1.807, 2.05) is 0 Å². The van der Waals surface area contributed by atoms with Gasteiger partial charge in [-0.25, -0.2) is 0 Å². The topological polar surface area (TPSA) is 0 Å². The van der Waals surface area contributed by atoms with Crippen molar-refractivity contribution in [3.05, 3.63) is 96.1 Å². The van der Waals surface area contributed by atoms with Crippen molar-refractivity contribution >= 4 is 32.3 Å². The number of benzene rings is 3. The fourth-order valence-corrected chi connectivity index (χ4v) is 4.10. The molecule has 138 valence electrons. The van der Waals surface area contributed by atoms with E-state index in [0.29, 0.717) is 0 Å². The van der Waals surface area contributed by atoms with Crippen molar-refractivity contribution in [3.63, 3.8) is 0 Å². The summed E-state index contributed by atoms with van der Waals surface area (Å²) in [6.07, 6.45) is 3.93. The Balaban J connectivity index is 0.000000181. The molecule has 0 spiro atoms. The zero-order valence-corrected chi connectivity index (χ0v) is 20.6. The Morgan fingerprint density at radius 3 is 2.18 bits per heavy atom. The molecule has 0 radical (unpaired) electrons. The smallest absolute Gasteiger partial charge is 1.00 e. The molecular weight excluding hydrogens is 550 g/mol. The van der Waals surface area contributed by atoms with Gasteiger partial charge in [-0.15, -0.1) is 51.9 Å². The number of hydrogen-bond donors (Lipinski definition) is 0. The Bertz CT molecular complexity index is 1150. The Labute approximate surface area is 197 Å². The summed E-state index contributed by atoms with van der Waals surface area (Å²) in [5.74, 6) is 0. The number of aryl methyl sites for hydroxylation is 2. The number of hydrogen-bond acceptors (Lipinski definition) is 0. The average molecular weight is 570 g/mol. The normalized spacial score (nSPS) is 11.7. The van der Waals surface area contributed by atoms with Crippen LogP contribution in [0.4, 0.5) is 0 Å². The number of halogens is 2. The zero-order chi connectivity index (χ0) is 16.6. The Kier molecular flexibility index (Phi) is 8.07. The maximum atomic E-state index is 2.36. The zero-order valence-electron chi connectivity index (χ0n) is 15.5. The molecule has 0 aliphatic heterocycles. The Hall–Kier alpha value is -1.41. The van der Waals surface area contributed by atoms with Gasteiger partial charge in [-0.1, -0.05) is 46.8 Å². The van der Waals surface area contributed by atoms with Crippen LogP contribution in [0.3, 0.4) is 0 Å². The van der Waals surface area contributed by atoms with Crippen LogP contribution in [0, 0.1) is 0 Å². The van der Waals surface area contributed by atoms with Crippen LogP contribution in [0.1, 0.15) is 17.5 Å². The van der Waals surface area contributed by atoms with Crippen molar-refractivity contribution in [2.75, 3.05) is 0 Å². The van der Waals surface area contributed by atoms with Gasteiger partial charge in [0.15, 0.2) is 0 Å². The fourth-order valence-electron chi connectivity index (χ4n) is 4.10. The Morgan fingerprint density at radius 1 is 0.607 bits per heavy atom. The molecule has 0 saturated carbocycles. The van der Waals surface area contributed by atoms with Gasteiger partial charge in [-0.3, -0.25) is 0 Å². The first-order chi connectivity index (χ1) is 12.4. The minimum absolute atomic E-state index is 0. The molecule has 5 aromatic rings. The maximum absolute atomic E-state index is 2.36. The molecule has 0 amide bonds. The van der Waals surface area contributed by atoms with Crippen molar-refractivity contribution in [2.45, 2.75) is 19.3 Å². The maximum Gasteiger partial charge on any atom is 4.00 e. The molecule has 0 aromatic heterocycles. The van der Waals surface area contributed by atoms with E-state index in [9.17, 15) is 0 Å². The third-order valence-corrected chi connectivity index (χ3v) is 5.39. The van der Waals surface area contributed by atoms with E-state index in [-0.39, 0.29) is 50.7 Å². The minimum Gasteiger partial charge on any atom is -1.00 e. The predicted octanol–water partition coefficient (Wildman–Crippen LogP) is 0.765. The molecule has 0 heterocycles. The van der Waals surface area contributed by atoms with E-state index in [4.69, 9.17) is 0 Å². The average Bonchev–Trinajstić information content (AvgIpc) is 3.39. The summed E-state index contributed by atoms with van der Waals surface area (Å²) in [5, 5.41) is 8.19. The van der Waals surface area contributed by atoms with E-state index < -0.39 is 0 Å². The van der Waals surface area contributed by atoms with Crippen molar-refractivity contribution in [2.24, 2.45) is 0 Å². The molecule has 1 aliphatic carbocycles. The SMILES string of the molecule is [Cl-].[Cl-].[Hf+4].c1cc2cc3c(cc2[cH-]1)CCC3.c1ccc2c(c1)ccc1[cH-]ccc12. The van der Waals surface area contributed by atoms with Gasteiger partial charge in [-0.05, 0) is 24.6 Å². The first kappa shape index (κ1) is 22.9. The molecule has 0 atom stereocenters. The van der Waals surface area contributed by atoms with Crippen LogP contribution in [0.25, 0.3) is 32.3 Å². The molecule has 0 nitrogen and oxygen atoms in total. The van der Waals surface area contributed by atoms with Gasteiger partial charge in [0.2, 0.25) is 0 Å². The molecule has 0 N–H and O–H groups in total. The van der Waals surface area contributed by atoms with Gasteiger partial charge >= 0.3 is 25.8 Å². The molecule has 0 fully saturated rings. The summed E-state index contributed by atoms with van der Waals surface area (Å²) in [6.45, 7) is 0. The number of rotatable bonds is 0. The van der Waals surface area contributed by atoms with Crippen LogP contribution in [0.5, 0.6) is 0 Å². The van der Waals surface area contributed by atoms with Crippen LogP contribution in [0.15, 0.2) is 84.9 Å². The van der Waals surface area contributed by atoms with Crippen LogP contribution < -0.4 is 24.8 Å². The monoisotopic (exact) mass is 570 g/mol. The third kappa shape index (κ3) is 4.27. The van der Waals surface area contributed by atoms with Crippen LogP contribution in [-0.2, 0) is 38.7 Å². The van der Waals surface area contributed by atoms with Crippen molar-refractivity contribution < 1.29 is 50.7 Å². The van der Waals surface area contributed by atoms with Gasteiger partial charge < -0.3 is 24.8 Å². The van der Waals surface area contributed by atoms with Gasteiger partial charge in [0.1, 0.15) is 0 Å². The Morgan fingerprint density at radius 2 is 1.32 bits per heavy atom. The van der Waals surface area contributed by atoms with E-state index in [1.165, 1.54) is 51.6 Å². The fraction of sp³-hybridized carbons (Fsp3) is 0.120. The molecule has 0 unspecified atom stereocenters. The summed E-state index contributed by atoms with van der Waals surface area (Å²) >= 11 is 0. The second kappa shape index (κ2) is 9.87. The molecule has 0 bridgehead atoms. The van der Waals surface area contributed by atoms with Crippen LogP contribution in [0.2, 0.25) is 0 Å². The van der Waals surface area contributed by atoms with Crippen molar-refractivity contribution in [1.29, 1.82) is 0 Å². The van der Waals surface area contributed by atoms with E-state index in [2.05, 4.69) is 84.9 Å². The number of fused-ring (bicyclic) bond motifs is 5. The predicted molar refractivity (Wildman–Crippen MR) is 109 cm³/mol. The van der Waals surface area contributed by atoms with Gasteiger partial charge in [-0.2, -0.15) is 24.3 Å². The molecule has 3 heteroatoms. The largest absolute Gasteiger partial charge is 4.00 e. The summed E-state index contributed by atoms with van der Waals surface area (Å²) in [4.78, 5) is 0. The van der Waals surface area contributed by atoms with Crippen LogP contribution >= 0.6 is 0 Å². The summed E-state index contributed by atoms with van der Waals surface area (Å²) in [7, 11) is 0. The van der Waals surface area contributed by atoms with Gasteiger partial charge in [0.05, 0.1) is 0 Å². The minimum atomic E-state index is 0. The van der Waals surface area contributed by atoms with Gasteiger partial charge in [0.25, 0.3) is 0 Å². The van der Waals surface area contributed by atoms with Crippen molar-refractivity contribution in [3.8, 4) is 0 Å². The van der Waals surface area contributed by atoms with E-state index in [0.717, 1.165) is 0 Å². The summed E-state index contributed by atoms with van der Waals surface area (Å²) in [5.41, 5.74) is 3.16. The van der Waals surface area contributed by atoms with E-state index in [1.54, 1.807) is 11.1 Å². The molecule has 28 heavy (non-hydrogen) atoms. The second-order valence-electron chi connectivity index (χ2n) is 6.94. The third-order valence-electron chi connectivity index (χ3n) is 5.39. The van der Waals surface area contributed by atoms with Crippen LogP contribution in [-0.4, -0.2) is 0 Å². The van der Waals surface area contributed by atoms with Crippen molar-refractivity contribution in [1.82, 2.24) is 0 Å². The first-order valence-electron chi connectivity index (χ1n) is 9.09. The second-order valence-corrected chi connectivity index (χ2v) is 6.94. The molecular formula is C25H20Cl2Hf.